The minimum absolute atomic E-state index is 0.0597. The van der Waals surface area contributed by atoms with E-state index in [0.717, 1.165) is 0 Å². The van der Waals surface area contributed by atoms with Crippen LogP contribution in [0, 0.1) is 0 Å². The third kappa shape index (κ3) is 3.16. The Morgan fingerprint density at radius 2 is 2.00 bits per heavy atom. The zero-order chi connectivity index (χ0) is 14.3. The van der Waals surface area contributed by atoms with Gasteiger partial charge in [-0.05, 0) is 32.9 Å². The number of halogens is 2. The average molecular weight is 289 g/mol. The van der Waals surface area contributed by atoms with E-state index in [0.29, 0.717) is 5.56 Å². The van der Waals surface area contributed by atoms with Crippen LogP contribution in [0.15, 0.2) is 22.6 Å². The first kappa shape index (κ1) is 14.1. The van der Waals surface area contributed by atoms with E-state index < -0.39 is 22.4 Å². The maximum Gasteiger partial charge on any atom is 0.586 e. The summed E-state index contributed by atoms with van der Waals surface area (Å²) in [7, 11) is 0. The van der Waals surface area contributed by atoms with E-state index in [4.69, 9.17) is 0 Å². The van der Waals surface area contributed by atoms with Crippen molar-refractivity contribution in [1.82, 2.24) is 0 Å². The fourth-order valence-corrected chi connectivity index (χ4v) is 1.88. The number of hydrogen-bond donors (Lipinski definition) is 0. The van der Waals surface area contributed by atoms with E-state index in [2.05, 4.69) is 13.9 Å². The van der Waals surface area contributed by atoms with Crippen molar-refractivity contribution < 1.29 is 22.8 Å². The molecular formula is C12H13F2NO3S. The Hall–Kier alpha value is -1.34. The van der Waals surface area contributed by atoms with Crippen LogP contribution in [-0.2, 0) is 11.4 Å². The average Bonchev–Trinajstić information content (AvgIpc) is 2.58. The first-order chi connectivity index (χ1) is 8.69. The highest BCUT2D eigenvalue weighted by Crippen LogP contribution is 2.42. The van der Waals surface area contributed by atoms with Crippen LogP contribution in [0.4, 0.5) is 8.78 Å². The molecule has 4 nitrogen and oxygen atoms in total. The second-order valence-corrected chi connectivity index (χ2v) is 6.87. The first-order valence-corrected chi connectivity index (χ1v) is 6.65. The summed E-state index contributed by atoms with van der Waals surface area (Å²) in [5.41, 5.74) is 0.298. The second-order valence-electron chi connectivity index (χ2n) is 4.94. The van der Waals surface area contributed by atoms with E-state index in [-0.39, 0.29) is 11.5 Å². The van der Waals surface area contributed by atoms with Crippen molar-refractivity contribution in [3.63, 3.8) is 0 Å². The molecule has 0 saturated heterocycles. The number of ether oxygens (including phenoxy) is 2. The lowest BCUT2D eigenvalue weighted by Gasteiger charge is -2.17. The fourth-order valence-electron chi connectivity index (χ4n) is 1.35. The van der Waals surface area contributed by atoms with Crippen LogP contribution in [-0.4, -0.2) is 21.8 Å². The maximum absolute atomic E-state index is 13.0. The fraction of sp³-hybridized carbons (Fsp3) is 0.417. The van der Waals surface area contributed by atoms with Gasteiger partial charge in [0.1, 0.15) is 16.1 Å². The molecule has 0 fully saturated rings. The van der Waals surface area contributed by atoms with Crippen LogP contribution in [0.1, 0.15) is 26.3 Å². The zero-order valence-corrected chi connectivity index (χ0v) is 11.5. The molecule has 1 aliphatic rings. The monoisotopic (exact) mass is 289 g/mol. The van der Waals surface area contributed by atoms with Gasteiger partial charge in [-0.25, -0.2) is 0 Å². The van der Waals surface area contributed by atoms with Crippen LogP contribution >= 0.6 is 0 Å². The van der Waals surface area contributed by atoms with Gasteiger partial charge in [0.05, 0.1) is 6.21 Å². The minimum atomic E-state index is -3.67. The van der Waals surface area contributed by atoms with Crippen LogP contribution in [0.25, 0.3) is 0 Å². The van der Waals surface area contributed by atoms with Crippen molar-refractivity contribution in [2.24, 2.45) is 4.40 Å². The number of benzene rings is 1. The number of hydrogen-bond acceptors (Lipinski definition) is 4. The molecule has 0 saturated carbocycles. The third-order valence-corrected chi connectivity index (χ3v) is 3.62. The van der Waals surface area contributed by atoms with Gasteiger partial charge in [0.25, 0.3) is 0 Å². The lowest BCUT2D eigenvalue weighted by Crippen LogP contribution is -2.26. The van der Waals surface area contributed by atoms with E-state index in [9.17, 15) is 13.3 Å². The number of para-hydroxylation sites is 1. The molecule has 1 atom stereocenters. The van der Waals surface area contributed by atoms with Crippen LogP contribution in [0.5, 0.6) is 11.5 Å². The summed E-state index contributed by atoms with van der Waals surface area (Å²) in [5.74, 6) is -0.155. The number of nitrogens with zero attached hydrogens (tertiary/aromatic N) is 1. The number of rotatable bonds is 2. The molecule has 2 rings (SSSR count). The Kier molecular flexibility index (Phi) is 3.44. The lowest BCUT2D eigenvalue weighted by molar-refractivity contribution is -0.286. The summed E-state index contributed by atoms with van der Waals surface area (Å²) in [6, 6.07) is 4.44. The zero-order valence-electron chi connectivity index (χ0n) is 10.6. The van der Waals surface area contributed by atoms with Gasteiger partial charge in [-0.3, -0.25) is 0 Å². The molecule has 0 N–H and O–H groups in total. The molecule has 0 amide bonds. The third-order valence-electron chi connectivity index (χ3n) is 2.27. The molecule has 19 heavy (non-hydrogen) atoms. The highest BCUT2D eigenvalue weighted by atomic mass is 32.2. The molecule has 1 aromatic rings. The Morgan fingerprint density at radius 3 is 2.63 bits per heavy atom. The molecule has 1 unspecified atom stereocenters. The highest BCUT2D eigenvalue weighted by molar-refractivity contribution is 7.91. The van der Waals surface area contributed by atoms with Crippen molar-refractivity contribution in [1.29, 1.82) is 0 Å². The summed E-state index contributed by atoms with van der Waals surface area (Å²) in [4.78, 5) is 0. The summed E-state index contributed by atoms with van der Waals surface area (Å²) < 4.78 is 49.7. The quantitative estimate of drug-likeness (QED) is 0.621. The van der Waals surface area contributed by atoms with Gasteiger partial charge in [-0.2, -0.15) is 0 Å². The summed E-state index contributed by atoms with van der Waals surface area (Å²) in [6.07, 6.45) is -2.42. The molecule has 0 aromatic heterocycles. The van der Waals surface area contributed by atoms with Crippen molar-refractivity contribution in [2.45, 2.75) is 31.8 Å². The SMILES string of the molecule is CC(C)(C)[S+]([O-])N=Cc1cccc2c1OC(F)(F)O2. The van der Waals surface area contributed by atoms with Gasteiger partial charge in [-0.1, -0.05) is 10.5 Å². The molecular weight excluding hydrogens is 276 g/mol. The number of fused-ring (bicyclic) bond motifs is 1. The Labute approximate surface area is 112 Å². The summed E-state index contributed by atoms with van der Waals surface area (Å²) in [5, 5.41) is 0. The van der Waals surface area contributed by atoms with Crippen LogP contribution < -0.4 is 9.47 Å². The van der Waals surface area contributed by atoms with E-state index in [1.165, 1.54) is 24.4 Å². The van der Waals surface area contributed by atoms with Crippen molar-refractivity contribution in [3.8, 4) is 11.5 Å². The molecule has 1 aliphatic heterocycles. The Morgan fingerprint density at radius 1 is 1.32 bits per heavy atom. The molecule has 1 heterocycles. The first-order valence-electron chi connectivity index (χ1n) is 5.54. The van der Waals surface area contributed by atoms with Gasteiger partial charge >= 0.3 is 6.29 Å². The molecule has 1 aromatic carbocycles. The van der Waals surface area contributed by atoms with Gasteiger partial charge in [-0.15, -0.1) is 8.78 Å². The maximum atomic E-state index is 13.0. The molecule has 104 valence electrons. The molecule has 7 heteroatoms. The normalized spacial score (nSPS) is 18.8. The van der Waals surface area contributed by atoms with E-state index >= 15 is 0 Å². The highest BCUT2D eigenvalue weighted by Gasteiger charge is 2.44. The predicted octanol–water partition coefficient (Wildman–Crippen LogP) is 2.89. The minimum Gasteiger partial charge on any atom is -0.591 e. The standard InChI is InChI=1S/C12H13F2NO3S/c1-11(2,3)19(16)15-7-8-5-4-6-9-10(8)18-12(13,14)17-9/h4-7H,1-3H3. The van der Waals surface area contributed by atoms with Crippen molar-refractivity contribution in [3.05, 3.63) is 23.8 Å². The molecule has 0 spiro atoms. The Balaban J connectivity index is 2.25. The second kappa shape index (κ2) is 4.64. The number of alkyl halides is 2. The van der Waals surface area contributed by atoms with Gasteiger partial charge in [0, 0.05) is 5.56 Å². The van der Waals surface area contributed by atoms with Gasteiger partial charge in [0.2, 0.25) is 0 Å². The molecule has 0 aliphatic carbocycles. The topological polar surface area (TPSA) is 53.9 Å². The van der Waals surface area contributed by atoms with Gasteiger partial charge in [0.15, 0.2) is 11.5 Å². The van der Waals surface area contributed by atoms with Crippen LogP contribution in [0.3, 0.4) is 0 Å². The largest absolute Gasteiger partial charge is 0.591 e. The molecule has 0 bridgehead atoms. The predicted molar refractivity (Wildman–Crippen MR) is 68.1 cm³/mol. The summed E-state index contributed by atoms with van der Waals surface area (Å²) >= 11 is -1.47. The lowest BCUT2D eigenvalue weighted by atomic mass is 10.2. The van der Waals surface area contributed by atoms with Gasteiger partial charge < -0.3 is 14.0 Å². The molecule has 0 radical (unpaired) electrons. The van der Waals surface area contributed by atoms with E-state index in [1.807, 2.05) is 0 Å². The van der Waals surface area contributed by atoms with Crippen molar-refractivity contribution in [2.75, 3.05) is 0 Å². The smallest absolute Gasteiger partial charge is 0.586 e. The van der Waals surface area contributed by atoms with Crippen molar-refractivity contribution >= 4 is 17.6 Å². The Bertz CT molecular complexity index is 514. The van der Waals surface area contributed by atoms with E-state index in [1.54, 1.807) is 20.8 Å². The van der Waals surface area contributed by atoms with Crippen LogP contribution in [0.2, 0.25) is 0 Å². The summed E-state index contributed by atoms with van der Waals surface area (Å²) in [6.45, 7) is 5.30.